The van der Waals surface area contributed by atoms with Crippen LogP contribution in [0.25, 0.3) is 0 Å². The highest BCUT2D eigenvalue weighted by molar-refractivity contribution is 7.89. The normalized spacial score (nSPS) is 16.0. The van der Waals surface area contributed by atoms with Crippen molar-refractivity contribution in [2.24, 2.45) is 0 Å². The monoisotopic (exact) mass is 429 g/mol. The third kappa shape index (κ3) is 5.90. The van der Waals surface area contributed by atoms with Crippen LogP contribution in [0.3, 0.4) is 0 Å². The van der Waals surface area contributed by atoms with E-state index in [1.54, 1.807) is 24.3 Å². The maximum absolute atomic E-state index is 13.3. The Hall–Kier alpha value is -2.22. The van der Waals surface area contributed by atoms with Crippen LogP contribution in [0.5, 0.6) is 0 Å². The molecule has 0 aliphatic carbocycles. The smallest absolute Gasteiger partial charge is 0.243 e. The van der Waals surface area contributed by atoms with Crippen LogP contribution in [0, 0.1) is 13.8 Å². The summed E-state index contributed by atoms with van der Waals surface area (Å²) in [5.41, 5.74) is 2.94. The molecule has 0 unspecified atom stereocenters. The van der Waals surface area contributed by atoms with Crippen molar-refractivity contribution in [1.29, 1.82) is 0 Å². The van der Waals surface area contributed by atoms with E-state index in [0.29, 0.717) is 0 Å². The van der Waals surface area contributed by atoms with E-state index in [4.69, 9.17) is 0 Å². The van der Waals surface area contributed by atoms with Crippen LogP contribution in [0.1, 0.15) is 29.5 Å². The first-order chi connectivity index (χ1) is 14.2. The molecule has 162 valence electrons. The lowest BCUT2D eigenvalue weighted by Crippen LogP contribution is -2.47. The van der Waals surface area contributed by atoms with E-state index in [-0.39, 0.29) is 29.9 Å². The molecule has 1 aliphatic rings. The maximum Gasteiger partial charge on any atom is 0.243 e. The van der Waals surface area contributed by atoms with Gasteiger partial charge in [-0.25, -0.2) is 8.42 Å². The number of nitrogens with one attached hydrogen (secondary N) is 1. The van der Waals surface area contributed by atoms with E-state index < -0.39 is 10.0 Å². The van der Waals surface area contributed by atoms with Crippen LogP contribution in [0.2, 0.25) is 0 Å². The zero-order valence-corrected chi connectivity index (χ0v) is 18.8. The Morgan fingerprint density at radius 1 is 1.00 bits per heavy atom. The molecule has 1 fully saturated rings. The molecular weight excluding hydrogens is 398 g/mol. The number of hydrogen-bond acceptors (Lipinski definition) is 4. The number of carbonyl (C=O) groups excluding carboxylic acids is 1. The average Bonchev–Trinajstić information content (AvgIpc) is 2.71. The van der Waals surface area contributed by atoms with Crippen molar-refractivity contribution in [2.45, 2.75) is 44.2 Å². The maximum atomic E-state index is 13.3. The van der Waals surface area contributed by atoms with Crippen LogP contribution < -0.4 is 5.32 Å². The molecule has 7 heteroatoms. The van der Waals surface area contributed by atoms with E-state index in [1.165, 1.54) is 4.31 Å². The predicted octanol–water partition coefficient (Wildman–Crippen LogP) is 2.70. The lowest BCUT2D eigenvalue weighted by molar-refractivity contribution is -0.122. The molecule has 0 spiro atoms. The van der Waals surface area contributed by atoms with Gasteiger partial charge in [0.1, 0.15) is 0 Å². The van der Waals surface area contributed by atoms with Gasteiger partial charge in [0.05, 0.1) is 11.4 Å². The minimum absolute atomic E-state index is 0.0944. The van der Waals surface area contributed by atoms with Gasteiger partial charge in [0.25, 0.3) is 0 Å². The minimum atomic E-state index is -3.81. The fraction of sp³-hybridized carbons (Fsp3) is 0.435. The first-order valence-corrected chi connectivity index (χ1v) is 11.8. The summed E-state index contributed by atoms with van der Waals surface area (Å²) in [5.74, 6) is -0.257. The average molecular weight is 430 g/mol. The summed E-state index contributed by atoms with van der Waals surface area (Å²) in [6.45, 7) is 5.71. The molecular formula is C23H31N3O3S. The quantitative estimate of drug-likeness (QED) is 0.735. The minimum Gasteiger partial charge on any atom is -0.352 e. The van der Waals surface area contributed by atoms with Crippen molar-refractivity contribution in [1.82, 2.24) is 14.5 Å². The molecule has 0 saturated carbocycles. The highest BCUT2D eigenvalue weighted by atomic mass is 32.2. The third-order valence-electron chi connectivity index (χ3n) is 5.54. The molecule has 2 aromatic carbocycles. The highest BCUT2D eigenvalue weighted by Crippen LogP contribution is 2.19. The number of sulfonamides is 1. The van der Waals surface area contributed by atoms with Gasteiger partial charge in [0.15, 0.2) is 0 Å². The van der Waals surface area contributed by atoms with Crippen molar-refractivity contribution in [3.63, 3.8) is 0 Å². The van der Waals surface area contributed by atoms with Crippen molar-refractivity contribution in [3.8, 4) is 0 Å². The Balaban J connectivity index is 1.78. The molecule has 30 heavy (non-hydrogen) atoms. The molecule has 1 N–H and O–H groups in total. The second-order valence-corrected chi connectivity index (χ2v) is 10.2. The van der Waals surface area contributed by atoms with Gasteiger partial charge < -0.3 is 10.2 Å². The van der Waals surface area contributed by atoms with E-state index in [1.807, 2.05) is 38.1 Å². The van der Waals surface area contributed by atoms with Crippen molar-refractivity contribution >= 4 is 15.9 Å². The van der Waals surface area contributed by atoms with Gasteiger partial charge in [0, 0.05) is 12.6 Å². The second-order valence-electron chi connectivity index (χ2n) is 8.22. The second kappa shape index (κ2) is 9.73. The summed E-state index contributed by atoms with van der Waals surface area (Å²) in [4.78, 5) is 15.2. The van der Waals surface area contributed by atoms with Crippen LogP contribution in [0.15, 0.2) is 53.4 Å². The molecule has 3 rings (SSSR count). The topological polar surface area (TPSA) is 69.7 Å². The van der Waals surface area contributed by atoms with Crippen molar-refractivity contribution < 1.29 is 13.2 Å². The largest absolute Gasteiger partial charge is 0.352 e. The van der Waals surface area contributed by atoms with E-state index in [2.05, 4.69) is 17.3 Å². The molecule has 0 atom stereocenters. The SMILES string of the molecule is Cc1ccc(CN(CC(=O)NC2CCN(C)CC2)S(=O)(=O)c2ccc(C)cc2)cc1. The van der Waals surface area contributed by atoms with Crippen molar-refractivity contribution in [2.75, 3.05) is 26.7 Å². The Bertz CT molecular complexity index is 948. The van der Waals surface area contributed by atoms with Gasteiger partial charge in [-0.1, -0.05) is 47.5 Å². The summed E-state index contributed by atoms with van der Waals surface area (Å²) in [5, 5.41) is 3.03. The number of nitrogens with zero attached hydrogens (tertiary/aromatic N) is 2. The standard InChI is InChI=1S/C23H31N3O3S/c1-18-4-8-20(9-5-18)16-26(30(28,29)22-10-6-19(2)7-11-22)17-23(27)24-21-12-14-25(3)15-13-21/h4-11,21H,12-17H2,1-3H3,(H,24,27). The number of piperidine rings is 1. The first kappa shape index (κ1) is 22.5. The zero-order chi connectivity index (χ0) is 21.7. The fourth-order valence-electron chi connectivity index (χ4n) is 3.57. The number of amides is 1. The van der Waals surface area contributed by atoms with Gasteiger partial charge in [-0.15, -0.1) is 0 Å². The van der Waals surface area contributed by atoms with Crippen LogP contribution in [-0.4, -0.2) is 56.3 Å². The van der Waals surface area contributed by atoms with E-state index in [9.17, 15) is 13.2 Å². The van der Waals surface area contributed by atoms with Gasteiger partial charge in [-0.2, -0.15) is 4.31 Å². The lowest BCUT2D eigenvalue weighted by Gasteiger charge is -2.30. The number of rotatable bonds is 7. The zero-order valence-electron chi connectivity index (χ0n) is 18.0. The Kier molecular flexibility index (Phi) is 7.28. The number of likely N-dealkylation sites (tertiary alicyclic amines) is 1. The summed E-state index contributed by atoms with van der Waals surface area (Å²) < 4.78 is 27.9. The lowest BCUT2D eigenvalue weighted by atomic mass is 10.1. The summed E-state index contributed by atoms with van der Waals surface area (Å²) in [6.07, 6.45) is 1.76. The summed E-state index contributed by atoms with van der Waals surface area (Å²) in [7, 11) is -1.74. The molecule has 1 aliphatic heterocycles. The van der Waals surface area contributed by atoms with Crippen LogP contribution in [0.4, 0.5) is 0 Å². The summed E-state index contributed by atoms with van der Waals surface area (Å²) in [6, 6.07) is 14.5. The number of benzene rings is 2. The molecule has 0 bridgehead atoms. The van der Waals surface area contributed by atoms with Crippen molar-refractivity contribution in [3.05, 3.63) is 65.2 Å². The molecule has 1 saturated heterocycles. The Morgan fingerprint density at radius 2 is 1.53 bits per heavy atom. The predicted molar refractivity (Wildman–Crippen MR) is 119 cm³/mol. The number of hydrogen-bond donors (Lipinski definition) is 1. The molecule has 0 aromatic heterocycles. The third-order valence-corrected chi connectivity index (χ3v) is 7.35. The Morgan fingerprint density at radius 3 is 2.10 bits per heavy atom. The first-order valence-electron chi connectivity index (χ1n) is 10.3. The van der Waals surface area contributed by atoms with E-state index >= 15 is 0 Å². The molecule has 0 radical (unpaired) electrons. The fourth-order valence-corrected chi connectivity index (χ4v) is 4.95. The van der Waals surface area contributed by atoms with Gasteiger partial charge in [-0.3, -0.25) is 4.79 Å². The highest BCUT2D eigenvalue weighted by Gasteiger charge is 2.28. The van der Waals surface area contributed by atoms with Crippen LogP contribution in [-0.2, 0) is 21.4 Å². The van der Waals surface area contributed by atoms with Crippen LogP contribution >= 0.6 is 0 Å². The number of aryl methyl sites for hydroxylation is 2. The van der Waals surface area contributed by atoms with Gasteiger partial charge in [0.2, 0.25) is 15.9 Å². The molecule has 1 amide bonds. The van der Waals surface area contributed by atoms with Gasteiger partial charge in [-0.05, 0) is 64.5 Å². The van der Waals surface area contributed by atoms with Gasteiger partial charge >= 0.3 is 0 Å². The number of carbonyl (C=O) groups is 1. The molecule has 2 aromatic rings. The Labute approximate surface area is 179 Å². The summed E-state index contributed by atoms with van der Waals surface area (Å²) >= 11 is 0. The molecule has 6 nitrogen and oxygen atoms in total. The van der Waals surface area contributed by atoms with E-state index in [0.717, 1.165) is 42.6 Å². The molecule has 1 heterocycles.